The molecule has 1 aliphatic heterocycles. The molecule has 0 radical (unpaired) electrons. The average Bonchev–Trinajstić information content (AvgIpc) is 3.03. The largest absolute Gasteiger partial charge is 0.460 e. The van der Waals surface area contributed by atoms with E-state index in [2.05, 4.69) is 43.7 Å². The first-order valence-electron chi connectivity index (χ1n) is 16.7. The number of ether oxygens (including phenoxy) is 2. The number of halogens is 3. The number of hydrogen-bond donors (Lipinski definition) is 2. The maximum Gasteiger partial charge on any atom is 0.325 e. The van der Waals surface area contributed by atoms with Crippen LogP contribution in [0.15, 0.2) is 36.4 Å². The summed E-state index contributed by atoms with van der Waals surface area (Å²) in [6, 6.07) is 8.29. The number of hydrazine groups is 1. The normalized spacial score (nSPS) is 18.2. The van der Waals surface area contributed by atoms with Crippen LogP contribution in [0.1, 0.15) is 92.0 Å². The molecule has 2 heterocycles. The monoisotopic (exact) mass is 738 g/mol. The number of rotatable bonds is 13. The summed E-state index contributed by atoms with van der Waals surface area (Å²) in [4.78, 5) is 55.4. The van der Waals surface area contributed by atoms with Crippen molar-refractivity contribution in [3.63, 3.8) is 0 Å². The number of allylic oxidation sites excluding steroid dienone is 1. The van der Waals surface area contributed by atoms with E-state index in [1.165, 1.54) is 11.9 Å². The van der Waals surface area contributed by atoms with E-state index in [0.717, 1.165) is 16.5 Å². The summed E-state index contributed by atoms with van der Waals surface area (Å²) in [6.07, 6.45) is 5.40. The highest BCUT2D eigenvalue weighted by molar-refractivity contribution is 6.67. The topological polar surface area (TPSA) is 127 Å². The number of amides is 2. The Morgan fingerprint density at radius 2 is 1.76 bits per heavy atom. The summed E-state index contributed by atoms with van der Waals surface area (Å²) in [7, 11) is 0. The molecule has 0 bridgehead atoms. The van der Waals surface area contributed by atoms with E-state index in [0.29, 0.717) is 31.5 Å². The predicted molar refractivity (Wildman–Crippen MR) is 194 cm³/mol. The lowest BCUT2D eigenvalue weighted by Gasteiger charge is -2.35. The first kappa shape index (κ1) is 40.5. The highest BCUT2D eigenvalue weighted by atomic mass is 35.6. The van der Waals surface area contributed by atoms with E-state index >= 15 is 0 Å². The van der Waals surface area contributed by atoms with E-state index in [9.17, 15) is 19.2 Å². The van der Waals surface area contributed by atoms with Gasteiger partial charge in [0, 0.05) is 24.8 Å². The van der Waals surface area contributed by atoms with Crippen LogP contribution in [0, 0.1) is 23.2 Å². The molecule has 49 heavy (non-hydrogen) atoms. The van der Waals surface area contributed by atoms with Crippen LogP contribution in [0.4, 0.5) is 0 Å². The van der Waals surface area contributed by atoms with Crippen molar-refractivity contribution in [2.75, 3.05) is 13.2 Å². The molecule has 1 fully saturated rings. The number of fused-ring (bicyclic) bond motifs is 1. The molecule has 0 aliphatic carbocycles. The van der Waals surface area contributed by atoms with E-state index in [1.54, 1.807) is 13.8 Å². The predicted octanol–water partition coefficient (Wildman–Crippen LogP) is 7.11. The number of aromatic nitrogens is 1. The van der Waals surface area contributed by atoms with E-state index in [1.807, 2.05) is 44.2 Å². The molecule has 2 aromatic rings. The zero-order chi connectivity index (χ0) is 36.7. The molecule has 0 spiro atoms. The fourth-order valence-corrected chi connectivity index (χ4v) is 5.78. The third kappa shape index (κ3) is 12.1. The van der Waals surface area contributed by atoms with Crippen molar-refractivity contribution in [1.29, 1.82) is 0 Å². The molecule has 270 valence electrons. The van der Waals surface area contributed by atoms with E-state index in [4.69, 9.17) is 49.3 Å². The van der Waals surface area contributed by atoms with Crippen LogP contribution in [0.3, 0.4) is 0 Å². The maximum atomic E-state index is 13.6. The van der Waals surface area contributed by atoms with Gasteiger partial charge in [-0.15, -0.1) is 0 Å². The lowest BCUT2D eigenvalue weighted by molar-refractivity contribution is -0.153. The third-order valence-electron chi connectivity index (χ3n) is 9.07. The van der Waals surface area contributed by atoms with Gasteiger partial charge in [-0.1, -0.05) is 99.8 Å². The number of carbonyl (C=O) groups excluding carboxylic acids is 4. The highest BCUT2D eigenvalue weighted by Crippen LogP contribution is 2.36. The first-order chi connectivity index (χ1) is 22.8. The van der Waals surface area contributed by atoms with Gasteiger partial charge in [0.1, 0.15) is 24.8 Å². The van der Waals surface area contributed by atoms with Crippen LogP contribution in [-0.4, -0.2) is 62.8 Å². The van der Waals surface area contributed by atoms with Crippen molar-refractivity contribution in [3.05, 3.63) is 47.7 Å². The second-order valence-electron chi connectivity index (χ2n) is 13.8. The number of esters is 2. The summed E-state index contributed by atoms with van der Waals surface area (Å²) in [5.74, 6) is -1.72. The van der Waals surface area contributed by atoms with Crippen LogP contribution in [0.25, 0.3) is 17.0 Å². The lowest BCUT2D eigenvalue weighted by atomic mass is 9.73. The number of hydrogen-bond acceptors (Lipinski definition) is 8. The molecule has 2 amide bonds. The molecule has 3 rings (SSSR count). The van der Waals surface area contributed by atoms with Gasteiger partial charge in [0.05, 0.1) is 11.2 Å². The summed E-state index contributed by atoms with van der Waals surface area (Å²) >= 11 is 17.0. The Labute approximate surface area is 304 Å². The quantitative estimate of drug-likeness (QED) is 0.165. The Bertz CT molecular complexity index is 1530. The van der Waals surface area contributed by atoms with Crippen molar-refractivity contribution in [2.24, 2.45) is 23.2 Å². The van der Waals surface area contributed by atoms with Crippen LogP contribution in [-0.2, 0) is 28.7 Å². The van der Waals surface area contributed by atoms with Crippen molar-refractivity contribution >= 4 is 75.5 Å². The number of nitrogens with zero attached hydrogens (tertiary/aromatic N) is 2. The van der Waals surface area contributed by atoms with Crippen LogP contribution >= 0.6 is 34.8 Å². The molecular formula is C36H49Cl3N4O6. The lowest BCUT2D eigenvalue weighted by Crippen LogP contribution is -2.60. The summed E-state index contributed by atoms with van der Waals surface area (Å²) in [6.45, 7) is 15.2. The number of pyridine rings is 1. The number of carbonyl (C=O) groups is 4. The third-order valence-corrected chi connectivity index (χ3v) is 9.39. The summed E-state index contributed by atoms with van der Waals surface area (Å²) < 4.78 is 8.64. The Morgan fingerprint density at radius 3 is 2.39 bits per heavy atom. The van der Waals surface area contributed by atoms with Gasteiger partial charge in [0.15, 0.2) is 0 Å². The fourth-order valence-electron chi connectivity index (χ4n) is 5.62. The van der Waals surface area contributed by atoms with Gasteiger partial charge in [0.2, 0.25) is 9.70 Å². The van der Waals surface area contributed by atoms with E-state index in [-0.39, 0.29) is 41.0 Å². The molecule has 1 saturated heterocycles. The average molecular weight is 740 g/mol. The van der Waals surface area contributed by atoms with Crippen molar-refractivity contribution < 1.29 is 28.7 Å². The molecule has 1 aliphatic rings. The molecule has 1 aromatic heterocycles. The molecule has 10 nitrogen and oxygen atoms in total. The summed E-state index contributed by atoms with van der Waals surface area (Å²) in [5.41, 5.74) is 5.10. The standard InChI is InChI=1S/C36H49Cl3N4O6/c1-21(2)28(32(45)40-23(4)33(46)43-17-9-10-30(42-43)34(47)48-20-36(37,38)39)18-22(3)35(7,8)16-15-26-11-12-27-13-14-29(41-31(27)19-26)24(5)49-25(6)44/h11-16,19,21-24,28,30,42H,9-10,17-18,20H2,1-8H3,(H,40,45)/b16-15+/t22?,23-,24+,28-,30-/m0/s1. The van der Waals surface area contributed by atoms with Gasteiger partial charge in [-0.05, 0) is 68.1 Å². The molecule has 1 aromatic carbocycles. The van der Waals surface area contributed by atoms with Crippen molar-refractivity contribution in [1.82, 2.24) is 20.7 Å². The maximum absolute atomic E-state index is 13.6. The Kier molecular flexibility index (Phi) is 14.3. The molecule has 0 saturated carbocycles. The highest BCUT2D eigenvalue weighted by Gasteiger charge is 2.35. The first-order valence-corrected chi connectivity index (χ1v) is 17.8. The Morgan fingerprint density at radius 1 is 1.08 bits per heavy atom. The van der Waals surface area contributed by atoms with Crippen LogP contribution in [0.2, 0.25) is 0 Å². The Hall–Kier alpha value is -2.92. The minimum Gasteiger partial charge on any atom is -0.460 e. The zero-order valence-electron chi connectivity index (χ0n) is 29.5. The van der Waals surface area contributed by atoms with Gasteiger partial charge in [0.25, 0.3) is 5.91 Å². The van der Waals surface area contributed by atoms with Gasteiger partial charge in [-0.25, -0.2) is 10.4 Å². The molecule has 5 atom stereocenters. The van der Waals surface area contributed by atoms with E-state index < -0.39 is 34.6 Å². The second kappa shape index (κ2) is 17.3. The van der Waals surface area contributed by atoms with Gasteiger partial charge >= 0.3 is 11.9 Å². The number of nitrogens with one attached hydrogen (secondary N) is 2. The van der Waals surface area contributed by atoms with Gasteiger partial charge in [-0.3, -0.25) is 24.2 Å². The van der Waals surface area contributed by atoms with Crippen LogP contribution < -0.4 is 10.7 Å². The van der Waals surface area contributed by atoms with Gasteiger partial charge in [-0.2, -0.15) is 0 Å². The minimum atomic E-state index is -1.73. The summed E-state index contributed by atoms with van der Waals surface area (Å²) in [5, 5.41) is 5.24. The number of alkyl halides is 3. The van der Waals surface area contributed by atoms with Crippen molar-refractivity contribution in [3.8, 4) is 0 Å². The molecular weight excluding hydrogens is 691 g/mol. The minimum absolute atomic E-state index is 0.0323. The van der Waals surface area contributed by atoms with Crippen LogP contribution in [0.5, 0.6) is 0 Å². The zero-order valence-corrected chi connectivity index (χ0v) is 31.8. The molecule has 2 N–H and O–H groups in total. The fraction of sp³-hybridized carbons (Fsp3) is 0.583. The SMILES string of the molecule is CC(=O)O[C@H](C)c1ccc2ccc(/C=C/C(C)(C)C(C)C[C@H](C(=O)N[C@@H](C)C(=O)N3CCC[C@@H](C(=O)OCC(Cl)(Cl)Cl)N3)C(C)C)cc2n1. The van der Waals surface area contributed by atoms with Gasteiger partial charge < -0.3 is 14.8 Å². The Balaban J connectivity index is 1.63. The smallest absolute Gasteiger partial charge is 0.325 e. The molecule has 1 unspecified atom stereocenters. The number of benzene rings is 1. The van der Waals surface area contributed by atoms with Crippen molar-refractivity contribution in [2.45, 2.75) is 96.6 Å². The second-order valence-corrected chi connectivity index (χ2v) is 16.4. The molecule has 13 heteroatoms.